The van der Waals surface area contributed by atoms with Crippen LogP contribution in [0, 0.1) is 0 Å². The minimum Gasteiger partial charge on any atom is -0.365 e. The van der Waals surface area contributed by atoms with Crippen LogP contribution in [-0.2, 0) is 0 Å². The highest BCUT2D eigenvalue weighted by Crippen LogP contribution is 2.03. The summed E-state index contributed by atoms with van der Waals surface area (Å²) in [6.07, 6.45) is 6.97. The largest absolute Gasteiger partial charge is 0.365 e. The second kappa shape index (κ2) is 9.39. The van der Waals surface area contributed by atoms with Crippen molar-refractivity contribution < 1.29 is 0 Å². The summed E-state index contributed by atoms with van der Waals surface area (Å²) in [6, 6.07) is 1.33. The van der Waals surface area contributed by atoms with Crippen molar-refractivity contribution in [2.45, 2.75) is 45.1 Å². The van der Waals surface area contributed by atoms with Crippen molar-refractivity contribution in [3.8, 4) is 0 Å². The van der Waals surface area contributed by atoms with Crippen molar-refractivity contribution >= 4 is 20.1 Å². The maximum atomic E-state index is 3.24. The lowest BCUT2D eigenvalue weighted by atomic mass is 10.2. The first-order chi connectivity index (χ1) is 4.91. The van der Waals surface area contributed by atoms with E-state index in [1.54, 1.807) is 0 Å². The summed E-state index contributed by atoms with van der Waals surface area (Å²) in [5.74, 6) is 0. The van der Waals surface area contributed by atoms with Crippen molar-refractivity contribution in [3.63, 3.8) is 0 Å². The topological polar surface area (TPSA) is 12.0 Å². The molecule has 10 heavy (non-hydrogen) atoms. The van der Waals surface area contributed by atoms with Gasteiger partial charge in [0.15, 0.2) is 0 Å². The number of rotatable bonds is 7. The van der Waals surface area contributed by atoms with Gasteiger partial charge in [-0.05, 0) is 6.04 Å². The predicted octanol–water partition coefficient (Wildman–Crippen LogP) is 1.67. The van der Waals surface area contributed by atoms with Crippen molar-refractivity contribution in [1.82, 2.24) is 4.65 Å². The van der Waals surface area contributed by atoms with Crippen LogP contribution >= 0.6 is 0 Å². The predicted molar refractivity (Wildman–Crippen MR) is 48.2 cm³/mol. The molecule has 5 radical (unpaired) electrons. The highest BCUT2D eigenvalue weighted by Gasteiger charge is 1.88. The maximum absolute atomic E-state index is 3.24. The molecule has 0 aromatic heterocycles. The number of nitrogens with one attached hydrogen (secondary N) is 1. The van der Waals surface area contributed by atoms with E-state index in [9.17, 15) is 0 Å². The Morgan fingerprint density at radius 1 is 1.20 bits per heavy atom. The second-order valence-electron chi connectivity index (χ2n) is 2.47. The Hall–Kier alpha value is 0.394. The van der Waals surface area contributed by atoms with Gasteiger partial charge >= 0.3 is 0 Å². The third-order valence-corrected chi connectivity index (χ3v) is 2.80. The van der Waals surface area contributed by atoms with Gasteiger partial charge in [0.2, 0.25) is 0 Å². The molecule has 0 bridgehead atoms. The first kappa shape index (κ1) is 10.4. The molecule has 1 nitrogen and oxygen atoms in total. The SMILES string of the molecule is CCCCCCC[Si]N[Si]. The van der Waals surface area contributed by atoms with Crippen LogP contribution in [-0.4, -0.2) is 20.1 Å². The van der Waals surface area contributed by atoms with E-state index in [2.05, 4.69) is 22.0 Å². The Bertz CT molecular complexity index is 51.6. The quantitative estimate of drug-likeness (QED) is 0.453. The molecule has 0 atom stereocenters. The molecule has 0 aliphatic rings. The van der Waals surface area contributed by atoms with Crippen LogP contribution in [0.5, 0.6) is 0 Å². The smallest absolute Gasteiger partial charge is 0.132 e. The van der Waals surface area contributed by atoms with E-state index in [0.29, 0.717) is 0 Å². The molecule has 0 aromatic carbocycles. The fourth-order valence-corrected chi connectivity index (χ4v) is 1.81. The molecule has 0 saturated carbocycles. The van der Waals surface area contributed by atoms with E-state index in [1.807, 2.05) is 0 Å². The Morgan fingerprint density at radius 2 is 1.90 bits per heavy atom. The van der Waals surface area contributed by atoms with Crippen LogP contribution in [0.2, 0.25) is 6.04 Å². The second-order valence-corrected chi connectivity index (χ2v) is 4.32. The zero-order valence-electron chi connectivity index (χ0n) is 6.74. The van der Waals surface area contributed by atoms with Crippen LogP contribution in [0.25, 0.3) is 0 Å². The maximum Gasteiger partial charge on any atom is 0.132 e. The average molecular weight is 170 g/mol. The van der Waals surface area contributed by atoms with Crippen molar-refractivity contribution in [3.05, 3.63) is 0 Å². The molecule has 0 unspecified atom stereocenters. The highest BCUT2D eigenvalue weighted by molar-refractivity contribution is 6.41. The lowest BCUT2D eigenvalue weighted by Crippen LogP contribution is -2.13. The summed E-state index contributed by atoms with van der Waals surface area (Å²) in [6.45, 7) is 2.25. The van der Waals surface area contributed by atoms with Crippen LogP contribution in [0.15, 0.2) is 0 Å². The van der Waals surface area contributed by atoms with Crippen molar-refractivity contribution in [1.29, 1.82) is 0 Å². The van der Waals surface area contributed by atoms with E-state index in [1.165, 1.54) is 38.1 Å². The molecule has 0 saturated heterocycles. The van der Waals surface area contributed by atoms with Gasteiger partial charge < -0.3 is 4.65 Å². The summed E-state index contributed by atoms with van der Waals surface area (Å²) in [7, 11) is 4.13. The average Bonchev–Trinajstić information content (AvgIpc) is 1.97. The first-order valence-corrected chi connectivity index (χ1v) is 5.77. The minimum absolute atomic E-state index is 0.890. The molecular formula is C7H16NSi2. The normalized spacial score (nSPS) is 10.2. The molecule has 0 rings (SSSR count). The molecule has 0 aliphatic carbocycles. The molecule has 0 aliphatic heterocycles. The summed E-state index contributed by atoms with van der Waals surface area (Å²) in [4.78, 5) is 0. The molecule has 57 valence electrons. The first-order valence-electron chi connectivity index (χ1n) is 4.06. The molecule has 0 fully saturated rings. The molecule has 0 amide bonds. The third-order valence-electron chi connectivity index (χ3n) is 1.49. The van der Waals surface area contributed by atoms with Gasteiger partial charge in [-0.2, -0.15) is 0 Å². The van der Waals surface area contributed by atoms with Crippen LogP contribution in [0.1, 0.15) is 39.0 Å². The fraction of sp³-hybridized carbons (Fsp3) is 1.00. The van der Waals surface area contributed by atoms with E-state index in [4.69, 9.17) is 0 Å². The molecule has 3 heteroatoms. The molecular weight excluding hydrogens is 154 g/mol. The Morgan fingerprint density at radius 3 is 2.50 bits per heavy atom. The molecule has 0 heterocycles. The zero-order chi connectivity index (χ0) is 7.66. The summed E-state index contributed by atoms with van der Waals surface area (Å²) >= 11 is 0. The van der Waals surface area contributed by atoms with E-state index < -0.39 is 0 Å². The number of unbranched alkanes of at least 4 members (excludes halogenated alkanes) is 4. The standard InChI is InChI=1S/C7H16NSi2/c1-2-3-4-5-6-7-10-8-9/h8H,2-7H2,1H3. The van der Waals surface area contributed by atoms with Gasteiger partial charge in [-0.1, -0.05) is 39.0 Å². The van der Waals surface area contributed by atoms with Crippen LogP contribution < -0.4 is 4.65 Å². The highest BCUT2D eigenvalue weighted by atomic mass is 28.3. The van der Waals surface area contributed by atoms with Gasteiger partial charge in [0.25, 0.3) is 0 Å². The van der Waals surface area contributed by atoms with E-state index in [0.717, 1.165) is 9.68 Å². The number of hydrogen-bond acceptors (Lipinski definition) is 1. The fourth-order valence-electron chi connectivity index (χ4n) is 0.879. The molecule has 0 aromatic rings. The summed E-state index contributed by atoms with van der Waals surface area (Å²) in [5, 5.41) is 0. The van der Waals surface area contributed by atoms with Gasteiger partial charge in [0.1, 0.15) is 20.1 Å². The summed E-state index contributed by atoms with van der Waals surface area (Å²) < 4.78 is 2.99. The van der Waals surface area contributed by atoms with Gasteiger partial charge in [0, 0.05) is 0 Å². The monoisotopic (exact) mass is 170 g/mol. The van der Waals surface area contributed by atoms with E-state index >= 15 is 0 Å². The molecule has 1 N–H and O–H groups in total. The van der Waals surface area contributed by atoms with Gasteiger partial charge in [-0.15, -0.1) is 0 Å². The van der Waals surface area contributed by atoms with Gasteiger partial charge in [-0.3, -0.25) is 0 Å². The van der Waals surface area contributed by atoms with Crippen molar-refractivity contribution in [2.75, 3.05) is 0 Å². The molecule has 0 spiro atoms. The Balaban J connectivity index is 2.65. The van der Waals surface area contributed by atoms with E-state index in [-0.39, 0.29) is 0 Å². The third kappa shape index (κ3) is 8.39. The van der Waals surface area contributed by atoms with Gasteiger partial charge in [0.05, 0.1) is 0 Å². The summed E-state index contributed by atoms with van der Waals surface area (Å²) in [5.41, 5.74) is 0. The zero-order valence-corrected chi connectivity index (χ0v) is 8.74. The number of hydrogen-bond donors (Lipinski definition) is 1. The Labute approximate surface area is 70.4 Å². The van der Waals surface area contributed by atoms with Crippen LogP contribution in [0.3, 0.4) is 0 Å². The lowest BCUT2D eigenvalue weighted by Gasteiger charge is -1.97. The lowest BCUT2D eigenvalue weighted by molar-refractivity contribution is 0.655. The van der Waals surface area contributed by atoms with Crippen LogP contribution in [0.4, 0.5) is 0 Å². The van der Waals surface area contributed by atoms with Crippen molar-refractivity contribution in [2.24, 2.45) is 0 Å². The Kier molecular flexibility index (Phi) is 9.76. The minimum atomic E-state index is 0.890. The van der Waals surface area contributed by atoms with Gasteiger partial charge in [-0.25, -0.2) is 0 Å².